The van der Waals surface area contributed by atoms with Crippen molar-refractivity contribution in [3.05, 3.63) is 22.4 Å². The third kappa shape index (κ3) is 5.23. The van der Waals surface area contributed by atoms with Crippen LogP contribution in [0.25, 0.3) is 0 Å². The van der Waals surface area contributed by atoms with Gasteiger partial charge in [0.15, 0.2) is 5.96 Å². The van der Waals surface area contributed by atoms with Crippen molar-refractivity contribution in [3.8, 4) is 0 Å². The van der Waals surface area contributed by atoms with E-state index >= 15 is 0 Å². The molecule has 0 bridgehead atoms. The molecule has 1 heterocycles. The van der Waals surface area contributed by atoms with Crippen molar-refractivity contribution in [1.29, 1.82) is 0 Å². The van der Waals surface area contributed by atoms with Gasteiger partial charge in [0.1, 0.15) is 0 Å². The molecule has 0 amide bonds. The first-order chi connectivity index (χ1) is 9.29. The molecule has 19 heavy (non-hydrogen) atoms. The Hall–Kier alpha value is -1.03. The highest BCUT2D eigenvalue weighted by molar-refractivity contribution is 7.10. The average molecular weight is 279 g/mol. The third-order valence-corrected chi connectivity index (χ3v) is 4.54. The molecule has 0 radical (unpaired) electrons. The van der Waals surface area contributed by atoms with Crippen LogP contribution in [0.5, 0.6) is 0 Å². The molecule has 2 rings (SSSR count). The van der Waals surface area contributed by atoms with Crippen LogP contribution in [0.3, 0.4) is 0 Å². The number of thiophene rings is 1. The first-order valence-electron chi connectivity index (χ1n) is 7.35. The summed E-state index contributed by atoms with van der Waals surface area (Å²) in [4.78, 5) is 6.10. The lowest BCUT2D eigenvalue weighted by Crippen LogP contribution is -2.38. The molecule has 2 N–H and O–H groups in total. The number of hydrogen-bond acceptors (Lipinski definition) is 2. The molecular weight excluding hydrogens is 254 g/mol. The van der Waals surface area contributed by atoms with Crippen LogP contribution in [0.15, 0.2) is 22.5 Å². The van der Waals surface area contributed by atoms with Gasteiger partial charge in [-0.3, -0.25) is 4.99 Å². The molecule has 106 valence electrons. The first kappa shape index (κ1) is 14.4. The van der Waals surface area contributed by atoms with Crippen molar-refractivity contribution in [2.45, 2.75) is 39.0 Å². The van der Waals surface area contributed by atoms with E-state index in [1.54, 1.807) is 0 Å². The summed E-state index contributed by atoms with van der Waals surface area (Å²) in [5.41, 5.74) is 0. The summed E-state index contributed by atoms with van der Waals surface area (Å²) in [6, 6.07) is 4.30. The maximum atomic E-state index is 4.69. The quantitative estimate of drug-likeness (QED) is 0.594. The number of rotatable bonds is 7. The molecule has 0 saturated heterocycles. The van der Waals surface area contributed by atoms with E-state index in [0.29, 0.717) is 5.92 Å². The molecule has 0 aliphatic heterocycles. The van der Waals surface area contributed by atoms with E-state index in [9.17, 15) is 0 Å². The van der Waals surface area contributed by atoms with Crippen molar-refractivity contribution in [1.82, 2.24) is 10.6 Å². The minimum Gasteiger partial charge on any atom is -0.357 e. The van der Waals surface area contributed by atoms with Crippen molar-refractivity contribution in [3.63, 3.8) is 0 Å². The highest BCUT2D eigenvalue weighted by atomic mass is 32.1. The van der Waals surface area contributed by atoms with Gasteiger partial charge in [0.2, 0.25) is 0 Å². The second-order valence-electron chi connectivity index (χ2n) is 5.29. The Morgan fingerprint density at radius 3 is 2.95 bits per heavy atom. The molecular formula is C15H25N3S. The fourth-order valence-electron chi connectivity index (χ4n) is 2.03. The Bertz CT molecular complexity index is 382. The Morgan fingerprint density at radius 1 is 1.47 bits per heavy atom. The molecule has 1 aromatic heterocycles. The number of nitrogens with zero attached hydrogens (tertiary/aromatic N) is 1. The smallest absolute Gasteiger partial charge is 0.191 e. The van der Waals surface area contributed by atoms with E-state index in [0.717, 1.165) is 31.5 Å². The van der Waals surface area contributed by atoms with Gasteiger partial charge in [-0.25, -0.2) is 0 Å². The van der Waals surface area contributed by atoms with E-state index in [-0.39, 0.29) is 0 Å². The number of guanidine groups is 1. The fourth-order valence-corrected chi connectivity index (χ4v) is 2.81. The van der Waals surface area contributed by atoms with Gasteiger partial charge in [-0.1, -0.05) is 25.8 Å². The molecule has 0 aromatic carbocycles. The van der Waals surface area contributed by atoms with E-state index < -0.39 is 0 Å². The third-order valence-electron chi connectivity index (χ3n) is 3.44. The van der Waals surface area contributed by atoms with Gasteiger partial charge in [0, 0.05) is 23.9 Å². The van der Waals surface area contributed by atoms with Crippen molar-refractivity contribution >= 4 is 17.3 Å². The molecule has 1 aliphatic carbocycles. The van der Waals surface area contributed by atoms with Gasteiger partial charge in [-0.2, -0.15) is 0 Å². The van der Waals surface area contributed by atoms with Crippen molar-refractivity contribution < 1.29 is 0 Å². The predicted octanol–water partition coefficient (Wildman–Crippen LogP) is 3.21. The summed E-state index contributed by atoms with van der Waals surface area (Å²) in [6.45, 7) is 7.16. The van der Waals surface area contributed by atoms with Gasteiger partial charge in [0.05, 0.1) is 6.54 Å². The van der Waals surface area contributed by atoms with Crippen LogP contribution in [-0.4, -0.2) is 25.6 Å². The summed E-state index contributed by atoms with van der Waals surface area (Å²) < 4.78 is 0. The van der Waals surface area contributed by atoms with Crippen LogP contribution in [0.2, 0.25) is 0 Å². The van der Waals surface area contributed by atoms with Crippen LogP contribution in [0.1, 0.15) is 43.9 Å². The Kier molecular flexibility index (Phi) is 5.70. The summed E-state index contributed by atoms with van der Waals surface area (Å²) in [5, 5.41) is 8.89. The number of hydrogen-bond donors (Lipinski definition) is 2. The zero-order valence-corrected chi connectivity index (χ0v) is 12.8. The summed E-state index contributed by atoms with van der Waals surface area (Å²) >= 11 is 1.82. The van der Waals surface area contributed by atoms with Crippen molar-refractivity contribution in [2.75, 3.05) is 19.6 Å². The van der Waals surface area contributed by atoms with E-state index in [1.165, 1.54) is 24.1 Å². The lowest BCUT2D eigenvalue weighted by molar-refractivity contribution is 0.681. The second-order valence-corrected chi connectivity index (χ2v) is 6.27. The van der Waals surface area contributed by atoms with E-state index in [2.05, 4.69) is 47.0 Å². The number of aliphatic imine (C=N–C) groups is 1. The lowest BCUT2D eigenvalue weighted by Gasteiger charge is -2.12. The highest BCUT2D eigenvalue weighted by Gasteiger charge is 2.20. The normalized spacial score (nSPS) is 17.3. The zero-order valence-electron chi connectivity index (χ0n) is 12.0. The minimum atomic E-state index is 0.499. The maximum Gasteiger partial charge on any atom is 0.191 e. The van der Waals surface area contributed by atoms with Crippen LogP contribution in [-0.2, 0) is 0 Å². The predicted molar refractivity (Wildman–Crippen MR) is 84.1 cm³/mol. The first-order valence-corrected chi connectivity index (χ1v) is 8.23. The largest absolute Gasteiger partial charge is 0.357 e. The molecule has 1 aromatic rings. The van der Waals surface area contributed by atoms with Crippen LogP contribution in [0, 0.1) is 5.92 Å². The Morgan fingerprint density at radius 2 is 2.32 bits per heavy atom. The average Bonchev–Trinajstić information content (AvgIpc) is 3.06. The van der Waals surface area contributed by atoms with E-state index in [1.807, 2.05) is 11.3 Å². The van der Waals surface area contributed by atoms with Gasteiger partial charge >= 0.3 is 0 Å². The number of nitrogens with one attached hydrogen (secondary N) is 2. The zero-order chi connectivity index (χ0) is 13.5. The highest BCUT2D eigenvalue weighted by Crippen LogP contribution is 2.31. The Labute approximate surface area is 120 Å². The molecule has 3 nitrogen and oxygen atoms in total. The summed E-state index contributed by atoms with van der Waals surface area (Å²) in [7, 11) is 0. The minimum absolute atomic E-state index is 0.499. The topological polar surface area (TPSA) is 36.4 Å². The maximum absolute atomic E-state index is 4.69. The van der Waals surface area contributed by atoms with Crippen LogP contribution in [0.4, 0.5) is 0 Å². The second kappa shape index (κ2) is 7.53. The fraction of sp³-hybridized carbons (Fsp3) is 0.667. The lowest BCUT2D eigenvalue weighted by atomic mass is 10.1. The molecule has 0 spiro atoms. The molecule has 1 saturated carbocycles. The van der Waals surface area contributed by atoms with E-state index in [4.69, 9.17) is 0 Å². The molecule has 4 heteroatoms. The molecule has 1 fully saturated rings. The van der Waals surface area contributed by atoms with Gasteiger partial charge in [0.25, 0.3) is 0 Å². The van der Waals surface area contributed by atoms with Gasteiger partial charge < -0.3 is 10.6 Å². The van der Waals surface area contributed by atoms with Crippen molar-refractivity contribution in [2.24, 2.45) is 10.9 Å². The monoisotopic (exact) mass is 279 g/mol. The van der Waals surface area contributed by atoms with Gasteiger partial charge in [-0.15, -0.1) is 11.3 Å². The Balaban J connectivity index is 1.77. The summed E-state index contributed by atoms with van der Waals surface area (Å²) in [5.74, 6) is 2.44. The van der Waals surface area contributed by atoms with Crippen LogP contribution >= 0.6 is 11.3 Å². The molecule has 1 atom stereocenters. The van der Waals surface area contributed by atoms with Crippen LogP contribution < -0.4 is 10.6 Å². The SMILES string of the molecule is CCNC(=NCC(C)c1cccs1)NCCC1CC1. The summed E-state index contributed by atoms with van der Waals surface area (Å²) in [6.07, 6.45) is 4.13. The molecule has 1 unspecified atom stereocenters. The van der Waals surface area contributed by atoms with Gasteiger partial charge in [-0.05, 0) is 30.7 Å². The molecule has 1 aliphatic rings. The standard InChI is InChI=1S/C15H25N3S/c1-3-16-15(17-9-8-13-6-7-13)18-11-12(2)14-5-4-10-19-14/h4-5,10,12-13H,3,6-9,11H2,1-2H3,(H2,16,17,18).